The predicted molar refractivity (Wildman–Crippen MR) is 74.3 cm³/mol. The van der Waals surface area contributed by atoms with Crippen LogP contribution in [0.1, 0.15) is 62.5 Å². The molecule has 1 saturated carbocycles. The van der Waals surface area contributed by atoms with E-state index in [2.05, 4.69) is 38.1 Å². The molecule has 1 aromatic rings. The lowest BCUT2D eigenvalue weighted by atomic mass is 9.78. The summed E-state index contributed by atoms with van der Waals surface area (Å²) in [7, 11) is 0. The van der Waals surface area contributed by atoms with E-state index in [1.165, 1.54) is 36.8 Å². The van der Waals surface area contributed by atoms with Crippen LogP contribution in [-0.4, -0.2) is 6.54 Å². The first-order chi connectivity index (χ1) is 8.20. The van der Waals surface area contributed by atoms with Crippen molar-refractivity contribution in [2.45, 2.75) is 51.4 Å². The van der Waals surface area contributed by atoms with Crippen LogP contribution < -0.4 is 5.73 Å². The van der Waals surface area contributed by atoms with Crippen LogP contribution in [0.4, 0.5) is 0 Å². The van der Waals surface area contributed by atoms with Crippen LogP contribution in [-0.2, 0) is 0 Å². The average molecular weight is 231 g/mol. The van der Waals surface area contributed by atoms with Crippen LogP contribution in [0.2, 0.25) is 0 Å². The Morgan fingerprint density at radius 3 is 2.12 bits per heavy atom. The van der Waals surface area contributed by atoms with Crippen molar-refractivity contribution in [2.75, 3.05) is 6.54 Å². The van der Waals surface area contributed by atoms with Gasteiger partial charge in [0.1, 0.15) is 0 Å². The van der Waals surface area contributed by atoms with Gasteiger partial charge in [0.15, 0.2) is 0 Å². The van der Waals surface area contributed by atoms with Crippen LogP contribution in [0.15, 0.2) is 24.3 Å². The highest BCUT2D eigenvalue weighted by atomic mass is 14.5. The molecule has 0 amide bonds. The summed E-state index contributed by atoms with van der Waals surface area (Å²) in [5.41, 5.74) is 8.72. The monoisotopic (exact) mass is 231 g/mol. The molecule has 0 heterocycles. The molecule has 1 fully saturated rings. The van der Waals surface area contributed by atoms with Crippen molar-refractivity contribution in [2.24, 2.45) is 11.7 Å². The van der Waals surface area contributed by atoms with Crippen LogP contribution >= 0.6 is 0 Å². The normalized spacial score (nSPS) is 25.2. The minimum Gasteiger partial charge on any atom is -0.330 e. The van der Waals surface area contributed by atoms with Crippen LogP contribution in [0.5, 0.6) is 0 Å². The molecule has 1 heteroatoms. The van der Waals surface area contributed by atoms with E-state index in [1.54, 1.807) is 0 Å². The number of hydrogen-bond acceptors (Lipinski definition) is 1. The Morgan fingerprint density at radius 1 is 1.06 bits per heavy atom. The fourth-order valence-electron chi connectivity index (χ4n) is 2.88. The summed E-state index contributed by atoms with van der Waals surface area (Å²) in [6.07, 6.45) is 5.27. The topological polar surface area (TPSA) is 26.0 Å². The van der Waals surface area contributed by atoms with Gasteiger partial charge in [-0.25, -0.2) is 0 Å². The van der Waals surface area contributed by atoms with Gasteiger partial charge in [0.2, 0.25) is 0 Å². The lowest BCUT2D eigenvalue weighted by molar-refractivity contribution is 0.333. The molecule has 0 aromatic heterocycles. The summed E-state index contributed by atoms with van der Waals surface area (Å²) in [6.45, 7) is 5.38. The number of hydrogen-bond donors (Lipinski definition) is 1. The van der Waals surface area contributed by atoms with Gasteiger partial charge in [0, 0.05) is 0 Å². The third-order valence-corrected chi connectivity index (χ3v) is 4.25. The van der Waals surface area contributed by atoms with Gasteiger partial charge in [-0.15, -0.1) is 0 Å². The molecule has 1 aliphatic rings. The highest BCUT2D eigenvalue weighted by Gasteiger charge is 2.21. The van der Waals surface area contributed by atoms with Gasteiger partial charge in [0.05, 0.1) is 0 Å². The quantitative estimate of drug-likeness (QED) is 0.834. The zero-order valence-corrected chi connectivity index (χ0v) is 11.2. The van der Waals surface area contributed by atoms with Gasteiger partial charge < -0.3 is 5.73 Å². The minimum atomic E-state index is 0.636. The van der Waals surface area contributed by atoms with Crippen molar-refractivity contribution in [3.05, 3.63) is 35.4 Å². The Bertz CT molecular complexity index is 331. The summed E-state index contributed by atoms with van der Waals surface area (Å²) in [6, 6.07) is 9.27. The molecule has 1 aromatic carbocycles. The SMILES string of the molecule is CC(C)c1ccc(C2CCC(CN)CC2)cc1. The largest absolute Gasteiger partial charge is 0.330 e. The molecular weight excluding hydrogens is 206 g/mol. The molecule has 0 spiro atoms. The van der Waals surface area contributed by atoms with Crippen molar-refractivity contribution < 1.29 is 0 Å². The molecule has 0 radical (unpaired) electrons. The summed E-state index contributed by atoms with van der Waals surface area (Å²) < 4.78 is 0. The number of rotatable bonds is 3. The average Bonchev–Trinajstić information content (AvgIpc) is 2.39. The highest BCUT2D eigenvalue weighted by molar-refractivity contribution is 5.27. The Morgan fingerprint density at radius 2 is 1.65 bits per heavy atom. The fourth-order valence-corrected chi connectivity index (χ4v) is 2.88. The first-order valence-electron chi connectivity index (χ1n) is 7.00. The molecule has 94 valence electrons. The second-order valence-corrected chi connectivity index (χ2v) is 5.77. The smallest absolute Gasteiger partial charge is 0.00489 e. The molecule has 17 heavy (non-hydrogen) atoms. The van der Waals surface area contributed by atoms with Crippen molar-refractivity contribution >= 4 is 0 Å². The van der Waals surface area contributed by atoms with Crippen molar-refractivity contribution in [1.29, 1.82) is 0 Å². The third-order valence-electron chi connectivity index (χ3n) is 4.25. The van der Waals surface area contributed by atoms with Gasteiger partial charge >= 0.3 is 0 Å². The van der Waals surface area contributed by atoms with Gasteiger partial charge in [-0.1, -0.05) is 38.1 Å². The second kappa shape index (κ2) is 5.68. The summed E-state index contributed by atoms with van der Waals surface area (Å²) in [4.78, 5) is 0. The zero-order valence-electron chi connectivity index (χ0n) is 11.2. The maximum atomic E-state index is 5.74. The van der Waals surface area contributed by atoms with Gasteiger partial charge in [-0.05, 0) is 61.1 Å². The minimum absolute atomic E-state index is 0.636. The Kier molecular flexibility index (Phi) is 4.22. The Labute approximate surface area is 105 Å². The number of nitrogens with two attached hydrogens (primary N) is 1. The lowest BCUT2D eigenvalue weighted by Gasteiger charge is -2.28. The molecule has 0 bridgehead atoms. The van der Waals surface area contributed by atoms with E-state index in [0.29, 0.717) is 5.92 Å². The van der Waals surface area contributed by atoms with E-state index in [-0.39, 0.29) is 0 Å². The summed E-state index contributed by atoms with van der Waals surface area (Å²) in [5, 5.41) is 0. The molecular formula is C16H25N. The van der Waals surface area contributed by atoms with E-state index in [1.807, 2.05) is 0 Å². The molecule has 0 aliphatic heterocycles. The summed E-state index contributed by atoms with van der Waals surface area (Å²) >= 11 is 0. The van der Waals surface area contributed by atoms with Crippen molar-refractivity contribution in [3.63, 3.8) is 0 Å². The molecule has 1 nitrogen and oxygen atoms in total. The lowest BCUT2D eigenvalue weighted by Crippen LogP contribution is -2.20. The van der Waals surface area contributed by atoms with E-state index in [9.17, 15) is 0 Å². The van der Waals surface area contributed by atoms with Crippen molar-refractivity contribution in [3.8, 4) is 0 Å². The molecule has 2 rings (SSSR count). The van der Waals surface area contributed by atoms with Crippen molar-refractivity contribution in [1.82, 2.24) is 0 Å². The second-order valence-electron chi connectivity index (χ2n) is 5.77. The zero-order chi connectivity index (χ0) is 12.3. The van der Waals surface area contributed by atoms with E-state index < -0.39 is 0 Å². The maximum Gasteiger partial charge on any atom is -0.00489 e. The van der Waals surface area contributed by atoms with Crippen LogP contribution in [0.3, 0.4) is 0 Å². The maximum absolute atomic E-state index is 5.74. The van der Waals surface area contributed by atoms with E-state index in [0.717, 1.165) is 18.4 Å². The van der Waals surface area contributed by atoms with Gasteiger partial charge in [-0.2, -0.15) is 0 Å². The molecule has 0 atom stereocenters. The summed E-state index contributed by atoms with van der Waals surface area (Å²) in [5.74, 6) is 2.19. The van der Waals surface area contributed by atoms with E-state index in [4.69, 9.17) is 5.73 Å². The van der Waals surface area contributed by atoms with Gasteiger partial charge in [0.25, 0.3) is 0 Å². The van der Waals surface area contributed by atoms with Gasteiger partial charge in [-0.3, -0.25) is 0 Å². The number of benzene rings is 1. The van der Waals surface area contributed by atoms with Crippen LogP contribution in [0.25, 0.3) is 0 Å². The third kappa shape index (κ3) is 3.10. The Balaban J connectivity index is 1.99. The first kappa shape index (κ1) is 12.6. The molecule has 1 aliphatic carbocycles. The standard InChI is InChI=1S/C16H25N/c1-12(2)14-7-9-16(10-8-14)15-5-3-13(11-17)4-6-15/h7-10,12-13,15H,3-6,11,17H2,1-2H3. The fraction of sp³-hybridized carbons (Fsp3) is 0.625. The molecule has 0 saturated heterocycles. The molecule has 0 unspecified atom stereocenters. The predicted octanol–water partition coefficient (Wildman–Crippen LogP) is 4.04. The molecule has 2 N–H and O–H groups in total. The van der Waals surface area contributed by atoms with E-state index >= 15 is 0 Å². The van der Waals surface area contributed by atoms with Crippen LogP contribution in [0, 0.1) is 5.92 Å². The Hall–Kier alpha value is -0.820. The highest BCUT2D eigenvalue weighted by Crippen LogP contribution is 2.35. The first-order valence-corrected chi connectivity index (χ1v) is 7.00.